The van der Waals surface area contributed by atoms with E-state index in [9.17, 15) is 0 Å². The standard InChI is InChI=1S/C17H25NO/c1-11(2)15-7-6-13-10-14(18-19)8-9-17(13,5)16(15)12(3)4/h6-12,15-16,19H,1-5H3/b18-14+/t15?,16?,17-/m0/s1. The number of allylic oxidation sites excluding steroid dienone is 6. The molecule has 0 bridgehead atoms. The monoisotopic (exact) mass is 259 g/mol. The summed E-state index contributed by atoms with van der Waals surface area (Å²) in [5.41, 5.74) is 1.95. The summed E-state index contributed by atoms with van der Waals surface area (Å²) in [4.78, 5) is 0. The van der Waals surface area contributed by atoms with Gasteiger partial charge in [0.05, 0.1) is 0 Å². The summed E-state index contributed by atoms with van der Waals surface area (Å²) in [7, 11) is 0. The van der Waals surface area contributed by atoms with Gasteiger partial charge in [-0.15, -0.1) is 0 Å². The number of hydrogen-bond donors (Lipinski definition) is 1. The third-order valence-electron chi connectivity index (χ3n) is 4.73. The predicted octanol–water partition coefficient (Wildman–Crippen LogP) is 4.43. The Morgan fingerprint density at radius 3 is 2.37 bits per heavy atom. The Morgan fingerprint density at radius 1 is 1.16 bits per heavy atom. The zero-order valence-corrected chi connectivity index (χ0v) is 12.6. The number of hydrogen-bond acceptors (Lipinski definition) is 2. The number of oxime groups is 1. The first-order valence-corrected chi connectivity index (χ1v) is 7.22. The Kier molecular flexibility index (Phi) is 3.71. The Hall–Kier alpha value is -1.31. The molecule has 2 aliphatic rings. The van der Waals surface area contributed by atoms with Crippen molar-refractivity contribution < 1.29 is 5.21 Å². The van der Waals surface area contributed by atoms with Crippen LogP contribution >= 0.6 is 0 Å². The minimum absolute atomic E-state index is 0.0477. The average molecular weight is 259 g/mol. The summed E-state index contributed by atoms with van der Waals surface area (Å²) in [6.07, 6.45) is 10.7. The Morgan fingerprint density at radius 2 is 1.84 bits per heavy atom. The van der Waals surface area contributed by atoms with Crippen LogP contribution in [-0.4, -0.2) is 10.9 Å². The second-order valence-corrected chi connectivity index (χ2v) is 6.69. The molecule has 2 unspecified atom stereocenters. The van der Waals surface area contributed by atoms with E-state index in [-0.39, 0.29) is 5.41 Å². The predicted molar refractivity (Wildman–Crippen MR) is 80.3 cm³/mol. The molecule has 0 aromatic rings. The van der Waals surface area contributed by atoms with Crippen molar-refractivity contribution in [2.45, 2.75) is 34.6 Å². The van der Waals surface area contributed by atoms with Gasteiger partial charge in [0, 0.05) is 5.41 Å². The summed E-state index contributed by atoms with van der Waals surface area (Å²) < 4.78 is 0. The molecule has 0 saturated heterocycles. The lowest BCUT2D eigenvalue weighted by molar-refractivity contribution is 0.134. The minimum Gasteiger partial charge on any atom is -0.410 e. The molecule has 0 aliphatic heterocycles. The van der Waals surface area contributed by atoms with Crippen LogP contribution in [0.1, 0.15) is 34.6 Å². The van der Waals surface area contributed by atoms with Crippen LogP contribution in [0.25, 0.3) is 0 Å². The molecule has 104 valence electrons. The van der Waals surface area contributed by atoms with Gasteiger partial charge in [0.25, 0.3) is 0 Å². The molecular formula is C17H25NO. The highest BCUT2D eigenvalue weighted by molar-refractivity contribution is 6.05. The fourth-order valence-electron chi connectivity index (χ4n) is 3.82. The van der Waals surface area contributed by atoms with Crippen LogP contribution in [0.3, 0.4) is 0 Å². The first kappa shape index (κ1) is 14.1. The highest BCUT2D eigenvalue weighted by atomic mass is 16.4. The summed E-state index contributed by atoms with van der Waals surface area (Å²) in [5.74, 6) is 2.44. The van der Waals surface area contributed by atoms with Crippen LogP contribution in [0.4, 0.5) is 0 Å². The smallest absolute Gasteiger partial charge is 0.102 e. The summed E-state index contributed by atoms with van der Waals surface area (Å²) in [5, 5.41) is 12.3. The fourth-order valence-corrected chi connectivity index (χ4v) is 3.82. The number of rotatable bonds is 2. The van der Waals surface area contributed by atoms with Crippen molar-refractivity contribution in [3.05, 3.63) is 36.0 Å². The summed E-state index contributed by atoms with van der Waals surface area (Å²) in [6, 6.07) is 0. The lowest BCUT2D eigenvalue weighted by atomic mass is 9.56. The number of nitrogens with zero attached hydrogens (tertiary/aromatic N) is 1. The Labute approximate surface area is 116 Å². The van der Waals surface area contributed by atoms with Crippen molar-refractivity contribution in [3.8, 4) is 0 Å². The normalized spacial score (nSPS) is 35.9. The zero-order valence-electron chi connectivity index (χ0n) is 12.6. The van der Waals surface area contributed by atoms with Gasteiger partial charge in [-0.25, -0.2) is 0 Å². The average Bonchev–Trinajstić information content (AvgIpc) is 2.35. The van der Waals surface area contributed by atoms with Crippen molar-refractivity contribution in [1.29, 1.82) is 0 Å². The third kappa shape index (κ3) is 2.29. The highest BCUT2D eigenvalue weighted by Crippen LogP contribution is 2.51. The molecule has 0 radical (unpaired) electrons. The fraction of sp³-hybridized carbons (Fsp3) is 0.588. The first-order chi connectivity index (χ1) is 8.90. The van der Waals surface area contributed by atoms with Gasteiger partial charge in [-0.2, -0.15) is 0 Å². The SMILES string of the molecule is CC(C)C1C=CC2=C/C(=N/O)C=C[C@]2(C)C1C(C)C. The van der Waals surface area contributed by atoms with E-state index in [0.717, 1.165) is 0 Å². The van der Waals surface area contributed by atoms with E-state index < -0.39 is 0 Å². The van der Waals surface area contributed by atoms with Gasteiger partial charge < -0.3 is 5.21 Å². The van der Waals surface area contributed by atoms with Gasteiger partial charge >= 0.3 is 0 Å². The van der Waals surface area contributed by atoms with Gasteiger partial charge in [0.1, 0.15) is 5.71 Å². The van der Waals surface area contributed by atoms with Gasteiger partial charge in [-0.05, 0) is 41.4 Å². The van der Waals surface area contributed by atoms with Crippen molar-refractivity contribution in [2.24, 2.45) is 34.2 Å². The summed E-state index contributed by atoms with van der Waals surface area (Å²) in [6.45, 7) is 11.5. The molecule has 0 saturated carbocycles. The van der Waals surface area contributed by atoms with E-state index >= 15 is 0 Å². The van der Waals surface area contributed by atoms with Crippen LogP contribution < -0.4 is 0 Å². The summed E-state index contributed by atoms with van der Waals surface area (Å²) >= 11 is 0. The largest absolute Gasteiger partial charge is 0.410 e. The molecule has 1 N–H and O–H groups in total. The minimum atomic E-state index is 0.0477. The molecule has 2 aliphatic carbocycles. The molecule has 0 amide bonds. The zero-order chi connectivity index (χ0) is 14.2. The van der Waals surface area contributed by atoms with E-state index in [1.165, 1.54) is 5.57 Å². The number of fused-ring (bicyclic) bond motifs is 1. The molecule has 0 aromatic carbocycles. The van der Waals surface area contributed by atoms with Crippen LogP contribution in [0.5, 0.6) is 0 Å². The van der Waals surface area contributed by atoms with E-state index in [4.69, 9.17) is 5.21 Å². The first-order valence-electron chi connectivity index (χ1n) is 7.22. The van der Waals surface area contributed by atoms with E-state index in [1.54, 1.807) is 0 Å². The quantitative estimate of drug-likeness (QED) is 0.577. The molecule has 0 aromatic heterocycles. The molecule has 2 nitrogen and oxygen atoms in total. The van der Waals surface area contributed by atoms with Crippen molar-refractivity contribution >= 4 is 5.71 Å². The van der Waals surface area contributed by atoms with E-state index in [1.807, 2.05) is 12.2 Å². The van der Waals surface area contributed by atoms with Gasteiger partial charge in [0.2, 0.25) is 0 Å². The van der Waals surface area contributed by atoms with Crippen LogP contribution in [-0.2, 0) is 0 Å². The topological polar surface area (TPSA) is 32.6 Å². The van der Waals surface area contributed by atoms with Crippen molar-refractivity contribution in [1.82, 2.24) is 0 Å². The lowest BCUT2D eigenvalue weighted by Gasteiger charge is -2.48. The van der Waals surface area contributed by atoms with Crippen molar-refractivity contribution in [2.75, 3.05) is 0 Å². The maximum Gasteiger partial charge on any atom is 0.102 e. The van der Waals surface area contributed by atoms with Crippen LogP contribution in [0.15, 0.2) is 41.1 Å². The second kappa shape index (κ2) is 4.99. The Bertz CT molecular complexity index is 468. The lowest BCUT2D eigenvalue weighted by Crippen LogP contribution is -2.41. The molecule has 0 spiro atoms. The molecule has 0 fully saturated rings. The van der Waals surface area contributed by atoms with Gasteiger partial charge in [-0.3, -0.25) is 0 Å². The third-order valence-corrected chi connectivity index (χ3v) is 4.73. The molecule has 2 rings (SSSR count). The Balaban J connectivity index is 2.51. The highest BCUT2D eigenvalue weighted by Gasteiger charge is 2.44. The molecule has 3 atom stereocenters. The molecule has 2 heteroatoms. The molecule has 19 heavy (non-hydrogen) atoms. The second-order valence-electron chi connectivity index (χ2n) is 6.69. The maximum absolute atomic E-state index is 8.95. The van der Waals surface area contributed by atoms with Gasteiger partial charge in [0.15, 0.2) is 0 Å². The molecule has 0 heterocycles. The maximum atomic E-state index is 8.95. The van der Waals surface area contributed by atoms with E-state index in [0.29, 0.717) is 29.4 Å². The van der Waals surface area contributed by atoms with Gasteiger partial charge in [-0.1, -0.05) is 58.0 Å². The van der Waals surface area contributed by atoms with Crippen molar-refractivity contribution in [3.63, 3.8) is 0 Å². The van der Waals surface area contributed by atoms with E-state index in [2.05, 4.69) is 58.0 Å². The van der Waals surface area contributed by atoms with Crippen LogP contribution in [0, 0.1) is 29.1 Å². The van der Waals surface area contributed by atoms with Crippen LogP contribution in [0.2, 0.25) is 0 Å². The molecular weight excluding hydrogens is 234 g/mol.